The molecule has 0 aromatic heterocycles. The molecule has 0 bridgehead atoms. The highest BCUT2D eigenvalue weighted by Crippen LogP contribution is 2.11. The highest BCUT2D eigenvalue weighted by atomic mass is 16.6. The second kappa shape index (κ2) is 28.2. The first-order chi connectivity index (χ1) is 19.3. The fourth-order valence-corrected chi connectivity index (χ4v) is 4.62. The number of nitro groups is 1. The molecule has 0 fully saturated rings. The van der Waals surface area contributed by atoms with Gasteiger partial charge in [-0.2, -0.15) is 0 Å². The van der Waals surface area contributed by atoms with Gasteiger partial charge in [0.2, 0.25) is 0 Å². The maximum atomic E-state index is 11.9. The number of carbonyl (C=O) groups excluding carboxylic acids is 1. The Kier molecular flexibility index (Phi) is 26.5. The van der Waals surface area contributed by atoms with Crippen molar-refractivity contribution in [1.82, 2.24) is 10.2 Å². The number of hydrogen-bond donors (Lipinski definition) is 3. The van der Waals surface area contributed by atoms with Gasteiger partial charge in [-0.25, -0.2) is 0 Å². The molecule has 0 heterocycles. The third-order valence-corrected chi connectivity index (χ3v) is 6.96. The Morgan fingerprint density at radius 3 is 1.88 bits per heavy atom. The molecule has 0 spiro atoms. The third kappa shape index (κ3) is 28.6. The van der Waals surface area contributed by atoms with Gasteiger partial charge >= 0.3 is 11.9 Å². The number of nitrogens with two attached hydrogens (primary N) is 1. The van der Waals surface area contributed by atoms with E-state index >= 15 is 0 Å². The molecule has 0 atom stereocenters. The van der Waals surface area contributed by atoms with Gasteiger partial charge in [0.1, 0.15) is 0 Å². The second-order valence-electron chi connectivity index (χ2n) is 10.8. The minimum atomic E-state index is -0.729. The molecule has 0 saturated carbocycles. The molecule has 4 N–H and O–H groups in total. The summed E-state index contributed by atoms with van der Waals surface area (Å²) in [5, 5.41) is 22.1. The molecular formula is C30H58N4O6. The molecule has 0 aromatic carbocycles. The number of carbonyl (C=O) groups is 2. The van der Waals surface area contributed by atoms with Crippen LogP contribution in [0.5, 0.6) is 0 Å². The van der Waals surface area contributed by atoms with Crippen molar-refractivity contribution in [2.45, 2.75) is 135 Å². The van der Waals surface area contributed by atoms with Crippen LogP contribution in [-0.4, -0.2) is 59.7 Å². The monoisotopic (exact) mass is 570 g/mol. The Hall–Kier alpha value is -2.36. The molecule has 10 nitrogen and oxygen atoms in total. The zero-order valence-electron chi connectivity index (χ0n) is 25.2. The van der Waals surface area contributed by atoms with Crippen LogP contribution in [0, 0.1) is 10.1 Å². The largest absolute Gasteiger partial charge is 0.481 e. The van der Waals surface area contributed by atoms with E-state index in [4.69, 9.17) is 15.6 Å². The lowest BCUT2D eigenvalue weighted by atomic mass is 10.1. The van der Waals surface area contributed by atoms with Crippen molar-refractivity contribution in [3.8, 4) is 0 Å². The molecule has 0 aliphatic heterocycles. The SMILES string of the molecule is CCCCCCCCCOC(=O)CCCCCCCN(CCCCCCCC(=O)O)CCCNC(N)=C[N+](=O)[O-]. The van der Waals surface area contributed by atoms with Crippen LogP contribution in [0.2, 0.25) is 0 Å². The maximum Gasteiger partial charge on any atom is 0.305 e. The Balaban J connectivity index is 4.00. The molecule has 234 valence electrons. The number of carboxylic acid groups (broad SMARTS) is 1. The van der Waals surface area contributed by atoms with E-state index in [-0.39, 0.29) is 18.2 Å². The Bertz CT molecular complexity index is 675. The van der Waals surface area contributed by atoms with E-state index in [0.717, 1.165) is 109 Å². The van der Waals surface area contributed by atoms with Gasteiger partial charge in [0.05, 0.1) is 11.5 Å². The zero-order valence-corrected chi connectivity index (χ0v) is 25.2. The number of aliphatic carboxylic acids is 1. The molecule has 0 radical (unpaired) electrons. The van der Waals surface area contributed by atoms with Gasteiger partial charge in [-0.15, -0.1) is 0 Å². The van der Waals surface area contributed by atoms with Crippen LogP contribution in [0.15, 0.2) is 12.0 Å². The number of ether oxygens (including phenoxy) is 1. The predicted molar refractivity (Wildman–Crippen MR) is 160 cm³/mol. The second-order valence-corrected chi connectivity index (χ2v) is 10.8. The molecule has 0 aliphatic rings. The van der Waals surface area contributed by atoms with Crippen molar-refractivity contribution in [3.05, 3.63) is 22.1 Å². The number of carboxylic acids is 1. The lowest BCUT2D eigenvalue weighted by Crippen LogP contribution is -2.30. The van der Waals surface area contributed by atoms with Crippen LogP contribution in [0.25, 0.3) is 0 Å². The van der Waals surface area contributed by atoms with Crippen LogP contribution in [0.1, 0.15) is 135 Å². The van der Waals surface area contributed by atoms with Crippen molar-refractivity contribution in [2.75, 3.05) is 32.8 Å². The first kappa shape index (κ1) is 37.6. The van der Waals surface area contributed by atoms with E-state index in [2.05, 4.69) is 17.1 Å². The van der Waals surface area contributed by atoms with Crippen molar-refractivity contribution in [3.63, 3.8) is 0 Å². The van der Waals surface area contributed by atoms with E-state index in [9.17, 15) is 19.7 Å². The van der Waals surface area contributed by atoms with Gasteiger partial charge in [0.15, 0.2) is 5.82 Å². The summed E-state index contributed by atoms with van der Waals surface area (Å²) in [6.07, 6.45) is 21.0. The minimum Gasteiger partial charge on any atom is -0.481 e. The lowest BCUT2D eigenvalue weighted by Gasteiger charge is -2.22. The molecule has 0 aliphatic carbocycles. The Labute approximate surface area is 242 Å². The lowest BCUT2D eigenvalue weighted by molar-refractivity contribution is -0.403. The smallest absolute Gasteiger partial charge is 0.305 e. The summed E-state index contributed by atoms with van der Waals surface area (Å²) in [7, 11) is 0. The fraction of sp³-hybridized carbons (Fsp3) is 0.867. The molecule has 0 saturated heterocycles. The predicted octanol–water partition coefficient (Wildman–Crippen LogP) is 6.36. The first-order valence-corrected chi connectivity index (χ1v) is 15.8. The average Bonchev–Trinajstić information content (AvgIpc) is 2.90. The van der Waals surface area contributed by atoms with Gasteiger partial charge in [-0.3, -0.25) is 19.7 Å². The standard InChI is InChI=1S/C30H58N4O6/c1-2-3-4-5-6-13-18-26-40-30(37)21-15-10-8-12-17-24-33(23-16-11-7-9-14-20-29(35)36)25-19-22-32-28(31)27-34(38)39/h27,32H,2-26,31H2,1H3,(H,35,36). The van der Waals surface area contributed by atoms with Gasteiger partial charge in [-0.1, -0.05) is 84.0 Å². The molecule has 0 unspecified atom stereocenters. The van der Waals surface area contributed by atoms with Crippen LogP contribution in [0.3, 0.4) is 0 Å². The highest BCUT2D eigenvalue weighted by Gasteiger charge is 2.07. The number of hydrogen-bond acceptors (Lipinski definition) is 8. The summed E-state index contributed by atoms with van der Waals surface area (Å²) in [5.41, 5.74) is 5.59. The number of nitrogens with zero attached hydrogens (tertiary/aromatic N) is 2. The fourth-order valence-electron chi connectivity index (χ4n) is 4.62. The van der Waals surface area contributed by atoms with Gasteiger partial charge < -0.3 is 25.8 Å². The zero-order chi connectivity index (χ0) is 29.7. The number of esters is 1. The highest BCUT2D eigenvalue weighted by molar-refractivity contribution is 5.69. The molecule has 0 aromatic rings. The van der Waals surface area contributed by atoms with Crippen molar-refractivity contribution >= 4 is 11.9 Å². The summed E-state index contributed by atoms with van der Waals surface area (Å²) in [6, 6.07) is 0. The summed E-state index contributed by atoms with van der Waals surface area (Å²) in [4.78, 5) is 34.9. The molecule has 0 rings (SSSR count). The topological polar surface area (TPSA) is 148 Å². The molecule has 10 heteroatoms. The van der Waals surface area contributed by atoms with Crippen LogP contribution in [0.4, 0.5) is 0 Å². The van der Waals surface area contributed by atoms with Crippen LogP contribution >= 0.6 is 0 Å². The quantitative estimate of drug-likeness (QED) is 0.0388. The van der Waals surface area contributed by atoms with Crippen LogP contribution in [-0.2, 0) is 14.3 Å². The first-order valence-electron chi connectivity index (χ1n) is 15.8. The van der Waals surface area contributed by atoms with E-state index in [1.165, 1.54) is 32.1 Å². The van der Waals surface area contributed by atoms with Crippen molar-refractivity contribution < 1.29 is 24.4 Å². The summed E-state index contributed by atoms with van der Waals surface area (Å²) in [5.74, 6) is -0.728. The third-order valence-electron chi connectivity index (χ3n) is 6.96. The summed E-state index contributed by atoms with van der Waals surface area (Å²) >= 11 is 0. The van der Waals surface area contributed by atoms with E-state index < -0.39 is 10.9 Å². The average molecular weight is 571 g/mol. The van der Waals surface area contributed by atoms with E-state index in [0.29, 0.717) is 19.6 Å². The summed E-state index contributed by atoms with van der Waals surface area (Å²) < 4.78 is 5.37. The molecular weight excluding hydrogens is 512 g/mol. The summed E-state index contributed by atoms with van der Waals surface area (Å²) in [6.45, 7) is 6.24. The van der Waals surface area contributed by atoms with Crippen molar-refractivity contribution in [1.29, 1.82) is 0 Å². The molecule has 40 heavy (non-hydrogen) atoms. The minimum absolute atomic E-state index is 0.0672. The molecule has 0 amide bonds. The Morgan fingerprint density at radius 1 is 0.800 bits per heavy atom. The maximum absolute atomic E-state index is 11.9. The Morgan fingerprint density at radius 2 is 1.30 bits per heavy atom. The van der Waals surface area contributed by atoms with Crippen molar-refractivity contribution in [2.24, 2.45) is 5.73 Å². The van der Waals surface area contributed by atoms with Crippen LogP contribution < -0.4 is 11.1 Å². The van der Waals surface area contributed by atoms with Gasteiger partial charge in [0, 0.05) is 19.4 Å². The number of unbranched alkanes of at least 4 members (excludes halogenated alkanes) is 14. The van der Waals surface area contributed by atoms with E-state index in [1.807, 2.05) is 0 Å². The number of rotatable bonds is 30. The number of nitrogens with one attached hydrogen (secondary N) is 1. The van der Waals surface area contributed by atoms with Gasteiger partial charge in [-0.05, 0) is 58.2 Å². The van der Waals surface area contributed by atoms with E-state index in [1.54, 1.807) is 0 Å². The normalized spacial score (nSPS) is 11.6. The van der Waals surface area contributed by atoms with Gasteiger partial charge in [0.25, 0.3) is 6.20 Å².